The number of aryl methyl sites for hydroxylation is 1. The van der Waals surface area contributed by atoms with Crippen molar-refractivity contribution < 1.29 is 19.1 Å². The highest BCUT2D eigenvalue weighted by Crippen LogP contribution is 2.27. The molecule has 1 unspecified atom stereocenters. The number of azo groups is 2. The highest BCUT2D eigenvalue weighted by molar-refractivity contribution is 6.32. The monoisotopic (exact) mass is 412 g/mol. The Morgan fingerprint density at radius 3 is 2.62 bits per heavy atom. The summed E-state index contributed by atoms with van der Waals surface area (Å²) >= 11 is 5.92. The number of hydrogen-bond donors (Lipinski definition) is 1. The van der Waals surface area contributed by atoms with Crippen molar-refractivity contribution in [3.05, 3.63) is 59.1 Å². The summed E-state index contributed by atoms with van der Waals surface area (Å²) in [5.41, 5.74) is 2.52. The Labute approximate surface area is 172 Å². The molecule has 0 aliphatic carbocycles. The third-order valence-electron chi connectivity index (χ3n) is 4.83. The van der Waals surface area contributed by atoms with Gasteiger partial charge in [0, 0.05) is 34.6 Å². The van der Waals surface area contributed by atoms with Crippen molar-refractivity contribution in [2.75, 3.05) is 29.9 Å². The molecule has 9 heteroatoms. The first kappa shape index (κ1) is 19.1. The fourth-order valence-electron chi connectivity index (χ4n) is 3.37. The van der Waals surface area contributed by atoms with E-state index in [9.17, 15) is 14.4 Å². The largest absolute Gasteiger partial charge is 0.502 e. The minimum atomic E-state index is -0.812. The van der Waals surface area contributed by atoms with Crippen LogP contribution in [0.4, 0.5) is 11.4 Å². The van der Waals surface area contributed by atoms with Crippen LogP contribution in [0.3, 0.4) is 0 Å². The van der Waals surface area contributed by atoms with Crippen molar-refractivity contribution in [1.29, 1.82) is 0 Å². The number of hydrogen-bond acceptors (Lipinski definition) is 5. The Bertz CT molecular complexity index is 1020. The number of amides is 3. The van der Waals surface area contributed by atoms with Crippen molar-refractivity contribution in [1.82, 2.24) is 4.90 Å². The summed E-state index contributed by atoms with van der Waals surface area (Å²) in [6, 6.07) is 14.5. The highest BCUT2D eigenvalue weighted by Gasteiger charge is 2.49. The van der Waals surface area contributed by atoms with Crippen LogP contribution in [-0.4, -0.2) is 53.2 Å². The van der Waals surface area contributed by atoms with E-state index in [4.69, 9.17) is 11.6 Å². The van der Waals surface area contributed by atoms with Crippen molar-refractivity contribution in [3.63, 3.8) is 0 Å². The quantitative estimate of drug-likeness (QED) is 0.616. The van der Waals surface area contributed by atoms with Gasteiger partial charge in [0.05, 0.1) is 0 Å². The summed E-state index contributed by atoms with van der Waals surface area (Å²) in [5.74, 6) is -1.94. The number of halogens is 1. The molecule has 3 amide bonds. The smallest absolute Gasteiger partial charge is 0.326 e. The maximum Gasteiger partial charge on any atom is 0.502 e. The Balaban J connectivity index is 1.55. The summed E-state index contributed by atoms with van der Waals surface area (Å²) < 4.78 is 0.940. The van der Waals surface area contributed by atoms with E-state index in [0.29, 0.717) is 23.8 Å². The van der Waals surface area contributed by atoms with Crippen LogP contribution in [0.1, 0.15) is 5.56 Å². The minimum absolute atomic E-state index is 0.358. The van der Waals surface area contributed by atoms with Gasteiger partial charge < -0.3 is 10.2 Å². The van der Waals surface area contributed by atoms with Crippen LogP contribution in [0.2, 0.25) is 5.02 Å². The minimum Gasteiger partial charge on any atom is -0.326 e. The summed E-state index contributed by atoms with van der Waals surface area (Å²) in [4.78, 5) is 40.7. The van der Waals surface area contributed by atoms with Crippen LogP contribution >= 0.6 is 11.6 Å². The van der Waals surface area contributed by atoms with Crippen LogP contribution in [0.25, 0.3) is 0 Å². The predicted octanol–water partition coefficient (Wildman–Crippen LogP) is 2.22. The lowest BCUT2D eigenvalue weighted by atomic mass is 10.2. The molecule has 0 radical (unpaired) electrons. The number of rotatable bonds is 4. The lowest BCUT2D eigenvalue weighted by Crippen LogP contribution is -2.52. The van der Waals surface area contributed by atoms with Crippen LogP contribution in [0.15, 0.2) is 53.6 Å². The van der Waals surface area contributed by atoms with Gasteiger partial charge in [-0.05, 0) is 42.0 Å². The first-order valence-corrected chi connectivity index (χ1v) is 9.52. The molecule has 0 spiro atoms. The van der Waals surface area contributed by atoms with Crippen LogP contribution in [0.5, 0.6) is 0 Å². The van der Waals surface area contributed by atoms with E-state index in [0.717, 1.165) is 15.9 Å². The average molecular weight is 413 g/mol. The second kappa shape index (κ2) is 7.63. The predicted molar refractivity (Wildman–Crippen MR) is 107 cm³/mol. The standard InChI is InChI=1S/C20H18ClN5O3/c1-13-5-7-16(8-6-13)24-9-10-25-18(28)19(29)26(23-20(24)25)12-17(27)22-15-4-2-3-14(21)11-15/h2-8,11,20H,9-10,12H2,1H3/p+1. The summed E-state index contributed by atoms with van der Waals surface area (Å²) in [6.45, 7) is 2.59. The lowest BCUT2D eigenvalue weighted by molar-refractivity contribution is -0.509. The zero-order chi connectivity index (χ0) is 20.5. The van der Waals surface area contributed by atoms with Gasteiger partial charge >= 0.3 is 11.8 Å². The Hall–Kier alpha value is -3.26. The summed E-state index contributed by atoms with van der Waals surface area (Å²) in [5, 5.41) is 7.52. The third kappa shape index (κ3) is 3.84. The first-order chi connectivity index (χ1) is 13.9. The van der Waals surface area contributed by atoms with Gasteiger partial charge in [0.25, 0.3) is 18.7 Å². The summed E-state index contributed by atoms with van der Waals surface area (Å²) in [7, 11) is 0. The van der Waals surface area contributed by atoms with Crippen molar-refractivity contribution in [2.45, 2.75) is 13.2 Å². The molecule has 8 nitrogen and oxygen atoms in total. The molecule has 1 saturated heterocycles. The van der Waals surface area contributed by atoms with Gasteiger partial charge in [-0.3, -0.25) is 14.5 Å². The van der Waals surface area contributed by atoms with Gasteiger partial charge in [-0.1, -0.05) is 35.4 Å². The zero-order valence-electron chi connectivity index (χ0n) is 15.7. The van der Waals surface area contributed by atoms with E-state index in [2.05, 4.69) is 10.4 Å². The molecule has 0 bridgehead atoms. The molecule has 2 aliphatic rings. The number of carbonyl (C=O) groups is 3. The molecule has 0 aromatic heterocycles. The molecule has 1 atom stereocenters. The maximum absolute atomic E-state index is 12.5. The van der Waals surface area contributed by atoms with Gasteiger partial charge in [0.2, 0.25) is 0 Å². The Morgan fingerprint density at radius 2 is 1.90 bits per heavy atom. The number of nitrogens with zero attached hydrogens (tertiary/aromatic N) is 4. The van der Waals surface area contributed by atoms with Gasteiger partial charge in [0.15, 0.2) is 0 Å². The number of nitrogens with one attached hydrogen (secondary N) is 1. The number of carbonyl (C=O) groups excluding carboxylic acids is 3. The number of anilines is 2. The van der Waals surface area contributed by atoms with Crippen LogP contribution in [-0.2, 0) is 14.4 Å². The number of fused-ring (bicyclic) bond motifs is 1. The third-order valence-corrected chi connectivity index (χ3v) is 5.06. The normalized spacial score (nSPS) is 18.6. The SMILES string of the molecule is Cc1ccc(N2CCN3C(=O)C(=O)[N+](CC(=O)Nc4cccc(Cl)c4)=NC32)cc1. The highest BCUT2D eigenvalue weighted by atomic mass is 35.5. The van der Waals surface area contributed by atoms with E-state index in [1.165, 1.54) is 4.90 Å². The fourth-order valence-corrected chi connectivity index (χ4v) is 3.56. The Morgan fingerprint density at radius 1 is 1.17 bits per heavy atom. The van der Waals surface area contributed by atoms with Crippen molar-refractivity contribution in [3.8, 4) is 0 Å². The van der Waals surface area contributed by atoms with Gasteiger partial charge in [-0.2, -0.15) is 0 Å². The van der Waals surface area contributed by atoms with E-state index in [1.807, 2.05) is 36.1 Å². The average Bonchev–Trinajstić information content (AvgIpc) is 3.10. The molecule has 2 aromatic carbocycles. The van der Waals surface area contributed by atoms with E-state index in [1.54, 1.807) is 24.3 Å². The van der Waals surface area contributed by atoms with Gasteiger partial charge in [-0.15, -0.1) is 0 Å². The molecule has 0 saturated carbocycles. The second-order valence-electron chi connectivity index (χ2n) is 6.91. The van der Waals surface area contributed by atoms with E-state index < -0.39 is 24.0 Å². The topological polar surface area (TPSA) is 85.1 Å². The summed E-state index contributed by atoms with van der Waals surface area (Å²) in [6.07, 6.45) is -0.651. The van der Waals surface area contributed by atoms with E-state index in [-0.39, 0.29) is 6.54 Å². The molecule has 4 rings (SSSR count). The molecule has 148 valence electrons. The number of benzene rings is 2. The van der Waals surface area contributed by atoms with E-state index >= 15 is 0 Å². The van der Waals surface area contributed by atoms with Gasteiger partial charge in [-0.25, -0.2) is 4.79 Å². The van der Waals surface area contributed by atoms with Crippen LogP contribution in [0, 0.1) is 6.92 Å². The molecule has 2 aliphatic heterocycles. The molecule has 2 heterocycles. The first-order valence-electron chi connectivity index (χ1n) is 9.14. The molecule has 2 aromatic rings. The lowest BCUT2D eigenvalue weighted by Gasteiger charge is -2.27. The second-order valence-corrected chi connectivity index (χ2v) is 7.35. The fraction of sp³-hybridized carbons (Fsp3) is 0.250. The maximum atomic E-state index is 12.5. The Kier molecular flexibility index (Phi) is 5.02. The van der Waals surface area contributed by atoms with Gasteiger partial charge in [0.1, 0.15) is 0 Å². The molecular weight excluding hydrogens is 394 g/mol. The van der Waals surface area contributed by atoms with Crippen molar-refractivity contribution in [2.24, 2.45) is 5.11 Å². The zero-order valence-corrected chi connectivity index (χ0v) is 16.5. The molecular formula is C20H19ClN5O3+. The molecule has 29 heavy (non-hydrogen) atoms. The van der Waals surface area contributed by atoms with Crippen LogP contribution < -0.4 is 10.2 Å². The molecule has 1 fully saturated rings. The van der Waals surface area contributed by atoms with Crippen molar-refractivity contribution >= 4 is 40.7 Å². The molecule has 1 N–H and O–H groups in total.